The predicted molar refractivity (Wildman–Crippen MR) is 112 cm³/mol. The summed E-state index contributed by atoms with van der Waals surface area (Å²) < 4.78 is 52.1. The minimum atomic E-state index is -3.62. The number of pyridine rings is 1. The molecule has 9 nitrogen and oxygen atoms in total. The van der Waals surface area contributed by atoms with Crippen molar-refractivity contribution in [1.82, 2.24) is 14.6 Å². The smallest absolute Gasteiger partial charge is 0.244 e. The van der Waals surface area contributed by atoms with Crippen molar-refractivity contribution in [2.24, 2.45) is 5.92 Å². The number of rotatable bonds is 7. The second-order valence-corrected chi connectivity index (χ2v) is 10.8. The highest BCUT2D eigenvalue weighted by Gasteiger charge is 2.32. The molecule has 0 spiro atoms. The van der Waals surface area contributed by atoms with E-state index in [1.54, 1.807) is 30.3 Å². The van der Waals surface area contributed by atoms with Gasteiger partial charge in [-0.2, -0.15) is 4.31 Å². The molecule has 1 aromatic carbocycles. The highest BCUT2D eigenvalue weighted by atomic mass is 32.2. The van der Waals surface area contributed by atoms with E-state index in [1.165, 1.54) is 22.8 Å². The lowest BCUT2D eigenvalue weighted by atomic mass is 9.97. The third-order valence-electron chi connectivity index (χ3n) is 4.86. The van der Waals surface area contributed by atoms with E-state index in [2.05, 4.69) is 15.0 Å². The van der Waals surface area contributed by atoms with Gasteiger partial charge in [-0.25, -0.2) is 16.8 Å². The number of hydrogen-bond acceptors (Lipinski definition) is 6. The average molecular weight is 453 g/mol. The second kappa shape index (κ2) is 9.11. The van der Waals surface area contributed by atoms with Gasteiger partial charge in [-0.1, -0.05) is 18.2 Å². The van der Waals surface area contributed by atoms with Crippen LogP contribution >= 0.6 is 0 Å². The Morgan fingerprint density at radius 2 is 1.80 bits per heavy atom. The molecule has 3 rings (SSSR count). The Kier molecular flexibility index (Phi) is 6.74. The summed E-state index contributed by atoms with van der Waals surface area (Å²) in [5.41, 5.74) is 1.06. The van der Waals surface area contributed by atoms with E-state index >= 15 is 0 Å². The van der Waals surface area contributed by atoms with Crippen molar-refractivity contribution in [2.45, 2.75) is 24.3 Å². The molecule has 0 saturated carbocycles. The van der Waals surface area contributed by atoms with Crippen molar-refractivity contribution in [1.29, 1.82) is 0 Å². The number of hydrogen-bond donors (Lipinski definition) is 2. The number of benzene rings is 1. The first-order valence-corrected chi connectivity index (χ1v) is 12.7. The molecule has 0 unspecified atom stereocenters. The van der Waals surface area contributed by atoms with Crippen LogP contribution in [0.25, 0.3) is 0 Å². The molecule has 162 valence electrons. The van der Waals surface area contributed by atoms with Gasteiger partial charge in [0.15, 0.2) is 0 Å². The molecule has 2 heterocycles. The van der Waals surface area contributed by atoms with E-state index < -0.39 is 20.0 Å². The number of nitrogens with zero attached hydrogens (tertiary/aromatic N) is 2. The quantitative estimate of drug-likeness (QED) is 0.650. The van der Waals surface area contributed by atoms with Crippen molar-refractivity contribution in [3.63, 3.8) is 0 Å². The van der Waals surface area contributed by atoms with E-state index in [0.29, 0.717) is 24.1 Å². The van der Waals surface area contributed by atoms with Crippen LogP contribution in [0.15, 0.2) is 53.7 Å². The summed E-state index contributed by atoms with van der Waals surface area (Å²) >= 11 is 0. The van der Waals surface area contributed by atoms with Gasteiger partial charge in [0.2, 0.25) is 26.0 Å². The Morgan fingerprint density at radius 3 is 2.43 bits per heavy atom. The van der Waals surface area contributed by atoms with Crippen LogP contribution < -0.4 is 10.0 Å². The van der Waals surface area contributed by atoms with Crippen molar-refractivity contribution in [2.75, 3.05) is 24.1 Å². The molecule has 1 aliphatic rings. The Hall–Kier alpha value is -2.50. The molecule has 1 amide bonds. The summed E-state index contributed by atoms with van der Waals surface area (Å²) in [6, 6.07) is 9.90. The van der Waals surface area contributed by atoms with E-state index in [4.69, 9.17) is 0 Å². The lowest BCUT2D eigenvalue weighted by Gasteiger charge is -2.30. The second-order valence-electron chi connectivity index (χ2n) is 7.12. The normalized spacial score (nSPS) is 16.2. The number of piperidine rings is 1. The SMILES string of the molecule is CS(=O)(=O)Nc1ccccc1CNC(=O)C1CCN(S(=O)(=O)c2cccnc2)CC1. The lowest BCUT2D eigenvalue weighted by Crippen LogP contribution is -2.42. The fraction of sp³-hybridized carbons (Fsp3) is 0.368. The predicted octanol–water partition coefficient (Wildman–Crippen LogP) is 1.17. The van der Waals surface area contributed by atoms with Crippen LogP contribution in [0.5, 0.6) is 0 Å². The van der Waals surface area contributed by atoms with Crippen molar-refractivity contribution >= 4 is 31.6 Å². The molecule has 2 N–H and O–H groups in total. The number of anilines is 1. The van der Waals surface area contributed by atoms with Gasteiger partial charge in [0.25, 0.3) is 0 Å². The van der Waals surface area contributed by atoms with Gasteiger partial charge >= 0.3 is 0 Å². The van der Waals surface area contributed by atoms with E-state index in [1.807, 2.05) is 0 Å². The summed E-state index contributed by atoms with van der Waals surface area (Å²) in [5.74, 6) is -0.483. The fourth-order valence-corrected chi connectivity index (χ4v) is 5.34. The largest absolute Gasteiger partial charge is 0.352 e. The molecule has 1 aromatic heterocycles. The number of nitrogens with one attached hydrogen (secondary N) is 2. The number of sulfonamides is 2. The Bertz CT molecular complexity index is 1100. The third-order valence-corrected chi connectivity index (χ3v) is 7.34. The highest BCUT2D eigenvalue weighted by molar-refractivity contribution is 7.92. The van der Waals surface area contributed by atoms with E-state index in [9.17, 15) is 21.6 Å². The number of amides is 1. The molecule has 0 radical (unpaired) electrons. The molecule has 2 aromatic rings. The molecule has 0 bridgehead atoms. The van der Waals surface area contributed by atoms with E-state index in [0.717, 1.165) is 6.26 Å². The van der Waals surface area contributed by atoms with Crippen LogP contribution in [-0.2, 0) is 31.4 Å². The van der Waals surface area contributed by atoms with Crippen LogP contribution in [-0.4, -0.2) is 51.4 Å². The molecule has 0 aliphatic carbocycles. The fourth-order valence-electron chi connectivity index (χ4n) is 3.31. The maximum Gasteiger partial charge on any atom is 0.244 e. The van der Waals surface area contributed by atoms with Gasteiger partial charge in [0.1, 0.15) is 4.90 Å². The molecular formula is C19H24N4O5S2. The van der Waals surface area contributed by atoms with Crippen LogP contribution in [0, 0.1) is 5.92 Å². The number of aromatic nitrogens is 1. The summed E-state index contributed by atoms with van der Waals surface area (Å²) in [4.78, 5) is 16.6. The summed E-state index contributed by atoms with van der Waals surface area (Å²) in [6.07, 6.45) is 4.72. The minimum Gasteiger partial charge on any atom is -0.352 e. The van der Waals surface area contributed by atoms with E-state index in [-0.39, 0.29) is 36.4 Å². The molecule has 1 saturated heterocycles. The van der Waals surface area contributed by atoms with Gasteiger partial charge < -0.3 is 5.32 Å². The summed E-state index contributed by atoms with van der Waals surface area (Å²) in [7, 11) is -7.05. The highest BCUT2D eigenvalue weighted by Crippen LogP contribution is 2.24. The zero-order chi connectivity index (χ0) is 21.8. The third kappa shape index (κ3) is 5.55. The maximum atomic E-state index is 12.7. The number of carbonyl (C=O) groups excluding carboxylic acids is 1. The van der Waals surface area contributed by atoms with Crippen molar-refractivity contribution in [3.8, 4) is 0 Å². The molecule has 11 heteroatoms. The molecule has 1 fully saturated rings. The van der Waals surface area contributed by atoms with Gasteiger partial charge in [-0.3, -0.25) is 14.5 Å². The van der Waals surface area contributed by atoms with Gasteiger partial charge in [-0.15, -0.1) is 0 Å². The lowest BCUT2D eigenvalue weighted by molar-refractivity contribution is -0.126. The minimum absolute atomic E-state index is 0.142. The van der Waals surface area contributed by atoms with Crippen molar-refractivity contribution in [3.05, 3.63) is 54.4 Å². The van der Waals surface area contributed by atoms with Crippen LogP contribution in [0.4, 0.5) is 5.69 Å². The first kappa shape index (κ1) is 22.2. The van der Waals surface area contributed by atoms with Gasteiger partial charge in [0.05, 0.1) is 11.9 Å². The van der Waals surface area contributed by atoms with Crippen LogP contribution in [0.3, 0.4) is 0 Å². The maximum absolute atomic E-state index is 12.7. The Labute approximate surface area is 176 Å². The van der Waals surface area contributed by atoms with Gasteiger partial charge in [0, 0.05) is 37.9 Å². The van der Waals surface area contributed by atoms with Crippen molar-refractivity contribution < 1.29 is 21.6 Å². The number of carbonyl (C=O) groups is 1. The first-order valence-electron chi connectivity index (χ1n) is 9.40. The number of para-hydroxylation sites is 1. The standard InChI is InChI=1S/C19H24N4O5S2/c1-29(25,26)22-18-7-3-2-5-16(18)13-21-19(24)15-8-11-23(12-9-15)30(27,28)17-6-4-10-20-14-17/h2-7,10,14-15,22H,8-9,11-13H2,1H3,(H,21,24). The average Bonchev–Trinajstić information content (AvgIpc) is 2.72. The Morgan fingerprint density at radius 1 is 1.10 bits per heavy atom. The summed E-state index contributed by atoms with van der Waals surface area (Å²) in [6.45, 7) is 0.675. The topological polar surface area (TPSA) is 126 Å². The zero-order valence-corrected chi connectivity index (χ0v) is 18.1. The Balaban J connectivity index is 1.57. The zero-order valence-electron chi connectivity index (χ0n) is 16.5. The monoisotopic (exact) mass is 452 g/mol. The molecule has 0 atom stereocenters. The molecule has 30 heavy (non-hydrogen) atoms. The molecular weight excluding hydrogens is 428 g/mol. The molecule has 1 aliphatic heterocycles. The summed E-state index contributed by atoms with van der Waals surface area (Å²) in [5, 5.41) is 2.83. The van der Waals surface area contributed by atoms with Crippen LogP contribution in [0.2, 0.25) is 0 Å². The van der Waals surface area contributed by atoms with Gasteiger partial charge in [-0.05, 0) is 36.6 Å². The van der Waals surface area contributed by atoms with Crippen LogP contribution in [0.1, 0.15) is 18.4 Å². The first-order chi connectivity index (χ1) is 14.2.